The second kappa shape index (κ2) is 5.39. The normalized spacial score (nSPS) is 22.7. The molecule has 1 saturated carbocycles. The van der Waals surface area contributed by atoms with Crippen LogP contribution in [0.1, 0.15) is 11.3 Å². The first-order valence-electron chi connectivity index (χ1n) is 7.67. The summed E-state index contributed by atoms with van der Waals surface area (Å²) >= 11 is 1.64. The Labute approximate surface area is 138 Å². The van der Waals surface area contributed by atoms with Gasteiger partial charge in [-0.3, -0.25) is 4.79 Å². The molecule has 0 aliphatic heterocycles. The third-order valence-electron chi connectivity index (χ3n) is 4.45. The molecule has 2 aromatic carbocycles. The van der Waals surface area contributed by atoms with Crippen LogP contribution in [-0.4, -0.2) is 13.0 Å². The van der Waals surface area contributed by atoms with Crippen LogP contribution in [-0.2, 0) is 10.4 Å². The van der Waals surface area contributed by atoms with E-state index in [0.717, 1.165) is 27.8 Å². The number of benzene rings is 2. The highest BCUT2D eigenvalue weighted by Crippen LogP contribution is 2.57. The van der Waals surface area contributed by atoms with Crippen LogP contribution in [0.15, 0.2) is 60.0 Å². The lowest BCUT2D eigenvalue weighted by molar-refractivity contribution is -0.123. The summed E-state index contributed by atoms with van der Waals surface area (Å²) in [5.74, 6) is 0.742. The first kappa shape index (κ1) is 14.3. The van der Waals surface area contributed by atoms with Gasteiger partial charge in [-0.2, -0.15) is 0 Å². The molecule has 0 bridgehead atoms. The molecule has 0 saturated heterocycles. The van der Waals surface area contributed by atoms with Gasteiger partial charge in [-0.25, -0.2) is 0 Å². The van der Waals surface area contributed by atoms with E-state index in [-0.39, 0.29) is 11.8 Å². The minimum absolute atomic E-state index is 0.0404. The van der Waals surface area contributed by atoms with Crippen LogP contribution >= 0.6 is 11.3 Å². The van der Waals surface area contributed by atoms with E-state index in [1.807, 2.05) is 35.7 Å². The average Bonchev–Trinajstić information content (AvgIpc) is 3.05. The SMILES string of the molecule is CNC(=O)C1CC1(Oc1cccc2ccccc12)c1cccs1. The number of hydrogen-bond donors (Lipinski definition) is 1. The third kappa shape index (κ3) is 2.30. The fourth-order valence-corrected chi connectivity index (χ4v) is 4.09. The summed E-state index contributed by atoms with van der Waals surface area (Å²) in [6.07, 6.45) is 0.719. The van der Waals surface area contributed by atoms with Crippen molar-refractivity contribution in [2.75, 3.05) is 7.05 Å². The second-order valence-corrected chi connectivity index (χ2v) is 6.76. The van der Waals surface area contributed by atoms with Gasteiger partial charge >= 0.3 is 0 Å². The highest BCUT2D eigenvalue weighted by Gasteiger charge is 2.63. The molecule has 0 spiro atoms. The van der Waals surface area contributed by atoms with E-state index in [4.69, 9.17) is 4.74 Å². The smallest absolute Gasteiger partial charge is 0.227 e. The predicted octanol–water partition coefficient (Wildman–Crippen LogP) is 3.94. The van der Waals surface area contributed by atoms with E-state index in [0.29, 0.717) is 0 Å². The van der Waals surface area contributed by atoms with Gasteiger partial charge in [0, 0.05) is 23.7 Å². The largest absolute Gasteiger partial charge is 0.480 e. The lowest BCUT2D eigenvalue weighted by Gasteiger charge is -2.20. The number of ether oxygens (including phenoxy) is 1. The maximum absolute atomic E-state index is 12.2. The van der Waals surface area contributed by atoms with Crippen LogP contribution in [0, 0.1) is 5.92 Å². The van der Waals surface area contributed by atoms with E-state index in [9.17, 15) is 4.79 Å². The molecule has 1 fully saturated rings. The van der Waals surface area contributed by atoms with Crippen LogP contribution in [0.25, 0.3) is 10.8 Å². The number of hydrogen-bond acceptors (Lipinski definition) is 3. The molecule has 3 aromatic rings. The lowest BCUT2D eigenvalue weighted by atomic mass is 10.1. The van der Waals surface area contributed by atoms with Crippen LogP contribution in [0.2, 0.25) is 0 Å². The van der Waals surface area contributed by atoms with Crippen LogP contribution in [0.5, 0.6) is 5.75 Å². The fraction of sp³-hybridized carbons (Fsp3) is 0.211. The quantitative estimate of drug-likeness (QED) is 0.790. The molecule has 4 heteroatoms. The molecule has 2 atom stereocenters. The van der Waals surface area contributed by atoms with E-state index < -0.39 is 5.60 Å². The molecule has 23 heavy (non-hydrogen) atoms. The number of carbonyl (C=O) groups is 1. The Hall–Kier alpha value is -2.33. The summed E-state index contributed by atoms with van der Waals surface area (Å²) in [6, 6.07) is 18.3. The first-order valence-corrected chi connectivity index (χ1v) is 8.55. The Balaban J connectivity index is 1.76. The molecule has 1 N–H and O–H groups in total. The van der Waals surface area contributed by atoms with Gasteiger partial charge in [0.1, 0.15) is 5.75 Å². The zero-order chi connectivity index (χ0) is 15.9. The zero-order valence-corrected chi connectivity index (χ0v) is 13.6. The number of nitrogens with one attached hydrogen (secondary N) is 1. The molecule has 1 aliphatic carbocycles. The van der Waals surface area contributed by atoms with Crippen molar-refractivity contribution < 1.29 is 9.53 Å². The van der Waals surface area contributed by atoms with Gasteiger partial charge in [0.2, 0.25) is 5.91 Å². The van der Waals surface area contributed by atoms with E-state index >= 15 is 0 Å². The number of carbonyl (C=O) groups excluding carboxylic acids is 1. The van der Waals surface area contributed by atoms with Crippen molar-refractivity contribution in [2.24, 2.45) is 5.92 Å². The van der Waals surface area contributed by atoms with E-state index in [1.165, 1.54) is 0 Å². The van der Waals surface area contributed by atoms with Crippen molar-refractivity contribution in [1.82, 2.24) is 5.32 Å². The molecule has 4 rings (SSSR count). The van der Waals surface area contributed by atoms with Crippen molar-refractivity contribution in [1.29, 1.82) is 0 Å². The Kier molecular flexibility index (Phi) is 3.34. The average molecular weight is 323 g/mol. The molecule has 0 radical (unpaired) electrons. The summed E-state index contributed by atoms with van der Waals surface area (Å²) in [6.45, 7) is 0. The van der Waals surface area contributed by atoms with Crippen molar-refractivity contribution in [3.05, 3.63) is 64.9 Å². The van der Waals surface area contributed by atoms with Crippen molar-refractivity contribution >= 4 is 28.0 Å². The van der Waals surface area contributed by atoms with Crippen molar-refractivity contribution in [3.8, 4) is 5.75 Å². The van der Waals surface area contributed by atoms with E-state index in [1.54, 1.807) is 18.4 Å². The standard InChI is InChI=1S/C19H17NO2S/c1-20-18(21)15-12-19(15,17-10-5-11-23-17)22-16-9-4-7-13-6-2-3-8-14(13)16/h2-11,15H,12H2,1H3,(H,20,21). The molecule has 3 nitrogen and oxygen atoms in total. The Morgan fingerprint density at radius 3 is 2.78 bits per heavy atom. The number of rotatable bonds is 4. The van der Waals surface area contributed by atoms with Gasteiger partial charge in [-0.05, 0) is 22.9 Å². The third-order valence-corrected chi connectivity index (χ3v) is 5.48. The summed E-state index contributed by atoms with van der Waals surface area (Å²) in [7, 11) is 1.68. The highest BCUT2D eigenvalue weighted by molar-refractivity contribution is 7.10. The van der Waals surface area contributed by atoms with Gasteiger partial charge in [0.25, 0.3) is 0 Å². The fourth-order valence-electron chi connectivity index (χ4n) is 3.16. The summed E-state index contributed by atoms with van der Waals surface area (Å²) in [5.41, 5.74) is -0.529. The summed E-state index contributed by atoms with van der Waals surface area (Å²) in [4.78, 5) is 13.3. The summed E-state index contributed by atoms with van der Waals surface area (Å²) in [5, 5.41) is 7.00. The minimum atomic E-state index is -0.529. The lowest BCUT2D eigenvalue weighted by Crippen LogP contribution is -2.28. The Bertz CT molecular complexity index is 853. The Morgan fingerprint density at radius 2 is 2.00 bits per heavy atom. The van der Waals surface area contributed by atoms with Gasteiger partial charge < -0.3 is 10.1 Å². The molecule has 2 unspecified atom stereocenters. The van der Waals surface area contributed by atoms with Gasteiger partial charge in [0.15, 0.2) is 5.60 Å². The molecule has 1 amide bonds. The molecule has 1 heterocycles. The number of amides is 1. The summed E-state index contributed by atoms with van der Waals surface area (Å²) < 4.78 is 6.46. The van der Waals surface area contributed by atoms with Gasteiger partial charge in [-0.1, -0.05) is 42.5 Å². The molecular weight excluding hydrogens is 306 g/mol. The van der Waals surface area contributed by atoms with Crippen LogP contribution in [0.3, 0.4) is 0 Å². The monoisotopic (exact) mass is 323 g/mol. The zero-order valence-electron chi connectivity index (χ0n) is 12.8. The molecular formula is C19H17NO2S. The first-order chi connectivity index (χ1) is 11.2. The molecule has 1 aliphatic rings. The van der Waals surface area contributed by atoms with Crippen LogP contribution in [0.4, 0.5) is 0 Å². The van der Waals surface area contributed by atoms with Crippen molar-refractivity contribution in [2.45, 2.75) is 12.0 Å². The topological polar surface area (TPSA) is 38.3 Å². The van der Waals surface area contributed by atoms with Crippen molar-refractivity contribution in [3.63, 3.8) is 0 Å². The highest BCUT2D eigenvalue weighted by atomic mass is 32.1. The maximum atomic E-state index is 12.2. The van der Waals surface area contributed by atoms with Crippen LogP contribution < -0.4 is 10.1 Å². The predicted molar refractivity (Wildman–Crippen MR) is 92.7 cm³/mol. The maximum Gasteiger partial charge on any atom is 0.227 e. The Morgan fingerprint density at radius 1 is 1.17 bits per heavy atom. The second-order valence-electron chi connectivity index (χ2n) is 5.82. The number of fused-ring (bicyclic) bond motifs is 1. The minimum Gasteiger partial charge on any atom is -0.480 e. The molecule has 116 valence electrons. The van der Waals surface area contributed by atoms with Gasteiger partial charge in [0.05, 0.1) is 5.92 Å². The van der Waals surface area contributed by atoms with E-state index in [2.05, 4.69) is 29.6 Å². The van der Waals surface area contributed by atoms with Gasteiger partial charge in [-0.15, -0.1) is 11.3 Å². The number of thiophene rings is 1. The molecule has 1 aromatic heterocycles.